The highest BCUT2D eigenvalue weighted by Gasteiger charge is 2.52. The summed E-state index contributed by atoms with van der Waals surface area (Å²) in [5.41, 5.74) is -0.473. The Morgan fingerprint density at radius 1 is 1.17 bits per heavy atom. The first-order valence-corrected chi connectivity index (χ1v) is 7.71. The fraction of sp³-hybridized carbons (Fsp3) is 0.222. The maximum atomic E-state index is 12.8. The minimum Gasteiger partial charge on any atom is -0.463 e. The van der Waals surface area contributed by atoms with Crippen LogP contribution in [0.5, 0.6) is 5.75 Å². The predicted molar refractivity (Wildman–Crippen MR) is 90.0 cm³/mol. The van der Waals surface area contributed by atoms with Crippen LogP contribution in [0.1, 0.15) is 6.92 Å². The summed E-state index contributed by atoms with van der Waals surface area (Å²) >= 11 is 0. The van der Waals surface area contributed by atoms with Gasteiger partial charge in [0.1, 0.15) is 5.75 Å². The SMILES string of the molecule is CCOC(=O)C1(C(=O)Nc2ccccc2)CNc2ccccc2O1. The van der Waals surface area contributed by atoms with E-state index >= 15 is 0 Å². The average molecular weight is 326 g/mol. The van der Waals surface area contributed by atoms with Crippen molar-refractivity contribution in [2.24, 2.45) is 0 Å². The van der Waals surface area contributed by atoms with Crippen LogP contribution in [0.15, 0.2) is 54.6 Å². The smallest absolute Gasteiger partial charge is 0.362 e. The number of nitrogens with one attached hydrogen (secondary N) is 2. The summed E-state index contributed by atoms with van der Waals surface area (Å²) in [4.78, 5) is 25.4. The van der Waals surface area contributed by atoms with Crippen LogP contribution in [-0.4, -0.2) is 30.6 Å². The van der Waals surface area contributed by atoms with E-state index in [1.807, 2.05) is 18.2 Å². The molecular weight excluding hydrogens is 308 g/mol. The van der Waals surface area contributed by atoms with Crippen LogP contribution < -0.4 is 15.4 Å². The van der Waals surface area contributed by atoms with E-state index < -0.39 is 17.5 Å². The molecule has 1 heterocycles. The molecule has 2 N–H and O–H groups in total. The van der Waals surface area contributed by atoms with E-state index in [-0.39, 0.29) is 13.2 Å². The molecule has 124 valence electrons. The zero-order chi connectivity index (χ0) is 17.0. The number of amides is 1. The van der Waals surface area contributed by atoms with Gasteiger partial charge in [0.05, 0.1) is 18.8 Å². The summed E-state index contributed by atoms with van der Waals surface area (Å²) in [6.45, 7) is 1.83. The molecule has 2 aromatic rings. The molecule has 0 aromatic heterocycles. The second kappa shape index (κ2) is 6.62. The second-order valence-electron chi connectivity index (χ2n) is 5.32. The Balaban J connectivity index is 1.92. The van der Waals surface area contributed by atoms with Gasteiger partial charge in [-0.2, -0.15) is 0 Å². The molecule has 1 aliphatic rings. The van der Waals surface area contributed by atoms with E-state index in [9.17, 15) is 9.59 Å². The Morgan fingerprint density at radius 3 is 2.62 bits per heavy atom. The van der Waals surface area contributed by atoms with E-state index in [0.717, 1.165) is 5.69 Å². The molecule has 0 saturated heterocycles. The van der Waals surface area contributed by atoms with Crippen molar-refractivity contribution in [2.45, 2.75) is 12.5 Å². The van der Waals surface area contributed by atoms with Crippen molar-refractivity contribution in [2.75, 3.05) is 23.8 Å². The number of esters is 1. The number of fused-ring (bicyclic) bond motifs is 1. The van der Waals surface area contributed by atoms with Crippen LogP contribution >= 0.6 is 0 Å². The number of hydrogen-bond acceptors (Lipinski definition) is 5. The molecule has 0 spiro atoms. The van der Waals surface area contributed by atoms with Crippen LogP contribution in [0.25, 0.3) is 0 Å². The Labute approximate surface area is 139 Å². The van der Waals surface area contributed by atoms with Crippen LogP contribution in [-0.2, 0) is 14.3 Å². The summed E-state index contributed by atoms with van der Waals surface area (Å²) in [5, 5.41) is 5.79. The predicted octanol–water partition coefficient (Wildman–Crippen LogP) is 2.43. The summed E-state index contributed by atoms with van der Waals surface area (Å²) in [6, 6.07) is 16.0. The van der Waals surface area contributed by atoms with Gasteiger partial charge in [-0.05, 0) is 31.2 Å². The minimum absolute atomic E-state index is 0.0124. The fourth-order valence-electron chi connectivity index (χ4n) is 2.48. The maximum absolute atomic E-state index is 12.8. The van der Waals surface area contributed by atoms with Crippen LogP contribution in [0.4, 0.5) is 11.4 Å². The van der Waals surface area contributed by atoms with Gasteiger partial charge in [-0.1, -0.05) is 30.3 Å². The third-order valence-corrected chi connectivity index (χ3v) is 3.70. The number of para-hydroxylation sites is 3. The zero-order valence-corrected chi connectivity index (χ0v) is 13.2. The Bertz CT molecular complexity index is 748. The molecule has 6 nitrogen and oxygen atoms in total. The highest BCUT2D eigenvalue weighted by atomic mass is 16.6. The fourth-order valence-corrected chi connectivity index (χ4v) is 2.48. The molecule has 1 atom stereocenters. The Hall–Kier alpha value is -3.02. The van der Waals surface area contributed by atoms with Crippen molar-refractivity contribution in [1.82, 2.24) is 0 Å². The molecule has 1 unspecified atom stereocenters. The maximum Gasteiger partial charge on any atom is 0.362 e. The largest absolute Gasteiger partial charge is 0.463 e. The van der Waals surface area contributed by atoms with Gasteiger partial charge in [0, 0.05) is 5.69 Å². The topological polar surface area (TPSA) is 76.7 Å². The molecule has 0 bridgehead atoms. The van der Waals surface area contributed by atoms with Crippen molar-refractivity contribution in [3.63, 3.8) is 0 Å². The third kappa shape index (κ3) is 2.90. The first-order chi connectivity index (χ1) is 11.7. The van der Waals surface area contributed by atoms with Gasteiger partial charge in [0.15, 0.2) is 0 Å². The van der Waals surface area contributed by atoms with Crippen molar-refractivity contribution in [3.8, 4) is 5.75 Å². The number of carbonyl (C=O) groups is 2. The molecule has 6 heteroatoms. The minimum atomic E-state index is -1.78. The van der Waals surface area contributed by atoms with E-state index in [1.165, 1.54) is 0 Å². The van der Waals surface area contributed by atoms with E-state index in [2.05, 4.69) is 10.6 Å². The number of anilines is 2. The summed E-state index contributed by atoms with van der Waals surface area (Å²) in [7, 11) is 0. The molecule has 1 aliphatic heterocycles. The van der Waals surface area contributed by atoms with Crippen LogP contribution in [0, 0.1) is 0 Å². The summed E-state index contributed by atoms with van der Waals surface area (Å²) < 4.78 is 10.9. The molecular formula is C18H18N2O4. The van der Waals surface area contributed by atoms with Crippen LogP contribution in [0.3, 0.4) is 0 Å². The number of benzene rings is 2. The Kier molecular flexibility index (Phi) is 4.37. The van der Waals surface area contributed by atoms with Gasteiger partial charge in [0.25, 0.3) is 11.5 Å². The monoisotopic (exact) mass is 326 g/mol. The summed E-state index contributed by atoms with van der Waals surface area (Å²) in [5.74, 6) is -0.866. The number of hydrogen-bond donors (Lipinski definition) is 2. The summed E-state index contributed by atoms with van der Waals surface area (Å²) in [6.07, 6.45) is 0. The molecule has 2 aromatic carbocycles. The van der Waals surface area contributed by atoms with Crippen molar-refractivity contribution >= 4 is 23.3 Å². The van der Waals surface area contributed by atoms with E-state index in [4.69, 9.17) is 9.47 Å². The third-order valence-electron chi connectivity index (χ3n) is 3.70. The van der Waals surface area contributed by atoms with Crippen molar-refractivity contribution in [3.05, 3.63) is 54.6 Å². The lowest BCUT2D eigenvalue weighted by molar-refractivity contribution is -0.165. The average Bonchev–Trinajstić information content (AvgIpc) is 2.62. The number of ether oxygens (including phenoxy) is 2. The van der Waals surface area contributed by atoms with Crippen molar-refractivity contribution in [1.29, 1.82) is 0 Å². The Morgan fingerprint density at radius 2 is 1.88 bits per heavy atom. The van der Waals surface area contributed by atoms with E-state index in [1.54, 1.807) is 43.3 Å². The van der Waals surface area contributed by atoms with Crippen molar-refractivity contribution < 1.29 is 19.1 Å². The lowest BCUT2D eigenvalue weighted by Gasteiger charge is -2.35. The van der Waals surface area contributed by atoms with Gasteiger partial charge >= 0.3 is 5.97 Å². The highest BCUT2D eigenvalue weighted by molar-refractivity contribution is 6.13. The first-order valence-electron chi connectivity index (χ1n) is 7.71. The van der Waals surface area contributed by atoms with Gasteiger partial charge in [-0.3, -0.25) is 4.79 Å². The van der Waals surface area contributed by atoms with Gasteiger partial charge in [-0.25, -0.2) is 4.79 Å². The van der Waals surface area contributed by atoms with Gasteiger partial charge < -0.3 is 20.1 Å². The standard InChI is InChI=1S/C18H18N2O4/c1-2-23-17(22)18(16(21)20-13-8-4-3-5-9-13)12-19-14-10-6-7-11-15(14)24-18/h3-11,19H,2,12H2,1H3,(H,20,21). The molecule has 0 saturated carbocycles. The first kappa shape index (κ1) is 15.9. The lowest BCUT2D eigenvalue weighted by Crippen LogP contribution is -2.61. The molecule has 0 aliphatic carbocycles. The molecule has 1 amide bonds. The zero-order valence-electron chi connectivity index (χ0n) is 13.2. The number of carbonyl (C=O) groups excluding carboxylic acids is 2. The second-order valence-corrected chi connectivity index (χ2v) is 5.32. The highest BCUT2D eigenvalue weighted by Crippen LogP contribution is 2.34. The van der Waals surface area contributed by atoms with Gasteiger partial charge in [0.2, 0.25) is 0 Å². The number of rotatable bonds is 4. The molecule has 24 heavy (non-hydrogen) atoms. The molecule has 0 radical (unpaired) electrons. The van der Waals surface area contributed by atoms with E-state index in [0.29, 0.717) is 11.4 Å². The molecule has 3 rings (SSSR count). The van der Waals surface area contributed by atoms with Gasteiger partial charge in [-0.15, -0.1) is 0 Å². The van der Waals surface area contributed by atoms with Crippen LogP contribution in [0.2, 0.25) is 0 Å². The molecule has 0 fully saturated rings. The quantitative estimate of drug-likeness (QED) is 0.666. The lowest BCUT2D eigenvalue weighted by atomic mass is 10.00. The normalized spacial score (nSPS) is 18.5.